The third-order valence-corrected chi connectivity index (χ3v) is 8.90. The zero-order valence-corrected chi connectivity index (χ0v) is 22.0. The number of aryl methyl sites for hydroxylation is 1. The molecule has 1 saturated carbocycles. The van der Waals surface area contributed by atoms with E-state index in [4.69, 9.17) is 5.10 Å². The topological polar surface area (TPSA) is 90.1 Å². The molecule has 1 aliphatic heterocycles. The quantitative estimate of drug-likeness (QED) is 0.306. The first-order chi connectivity index (χ1) is 17.2. The minimum Gasteiger partial charge on any atom is -0.340 e. The third kappa shape index (κ3) is 5.24. The van der Waals surface area contributed by atoms with Gasteiger partial charge in [-0.15, -0.1) is 0 Å². The number of fused-ring (bicyclic) bond motifs is 1. The molecule has 0 radical (unpaired) electrons. The van der Waals surface area contributed by atoms with Crippen molar-refractivity contribution in [1.29, 1.82) is 0 Å². The highest BCUT2D eigenvalue weighted by atomic mass is 32.2. The van der Waals surface area contributed by atoms with Gasteiger partial charge in [0.2, 0.25) is 0 Å². The predicted octanol–water partition coefficient (Wildman–Crippen LogP) is 6.47. The van der Waals surface area contributed by atoms with E-state index in [2.05, 4.69) is 42.9 Å². The van der Waals surface area contributed by atoms with Crippen molar-refractivity contribution in [2.75, 3.05) is 11.1 Å². The van der Waals surface area contributed by atoms with Gasteiger partial charge >= 0.3 is 0 Å². The van der Waals surface area contributed by atoms with Crippen LogP contribution in [0.15, 0.2) is 53.4 Å². The first-order valence-electron chi connectivity index (χ1n) is 12.8. The van der Waals surface area contributed by atoms with Crippen LogP contribution in [0.5, 0.6) is 0 Å². The van der Waals surface area contributed by atoms with Gasteiger partial charge in [0, 0.05) is 40.5 Å². The van der Waals surface area contributed by atoms with E-state index in [1.165, 1.54) is 11.1 Å². The van der Waals surface area contributed by atoms with Crippen molar-refractivity contribution in [2.24, 2.45) is 5.92 Å². The van der Waals surface area contributed by atoms with Gasteiger partial charge in [-0.2, -0.15) is 5.10 Å². The lowest BCUT2D eigenvalue weighted by Crippen LogP contribution is -2.25. The highest BCUT2D eigenvalue weighted by molar-refractivity contribution is 7.85. The maximum atomic E-state index is 12.1. The molecule has 1 unspecified atom stereocenters. The maximum Gasteiger partial charge on any atom is 0.269 e. The fourth-order valence-electron chi connectivity index (χ4n) is 5.48. The van der Waals surface area contributed by atoms with Crippen molar-refractivity contribution in [3.05, 3.63) is 75.5 Å². The number of hydrogen-bond acceptors (Lipinski definition) is 5. The average molecular weight is 507 g/mol. The van der Waals surface area contributed by atoms with Crippen molar-refractivity contribution >= 4 is 28.0 Å². The fraction of sp³-hybridized carbons (Fsp3) is 0.464. The molecule has 2 heterocycles. The molecule has 1 aliphatic carbocycles. The summed E-state index contributed by atoms with van der Waals surface area (Å²) in [6.07, 6.45) is 6.30. The van der Waals surface area contributed by atoms with E-state index in [-0.39, 0.29) is 16.1 Å². The molecule has 1 fully saturated rings. The summed E-state index contributed by atoms with van der Waals surface area (Å²) in [6, 6.07) is 15.3. The second-order valence-corrected chi connectivity index (χ2v) is 12.7. The van der Waals surface area contributed by atoms with Crippen LogP contribution in [0.3, 0.4) is 0 Å². The summed E-state index contributed by atoms with van der Waals surface area (Å²) in [5.41, 5.74) is 4.49. The van der Waals surface area contributed by atoms with Gasteiger partial charge in [-0.05, 0) is 94.5 Å². The summed E-state index contributed by atoms with van der Waals surface area (Å²) in [7, 11) is -0.862. The van der Waals surface area contributed by atoms with Gasteiger partial charge < -0.3 is 5.32 Å². The van der Waals surface area contributed by atoms with Crippen molar-refractivity contribution in [3.63, 3.8) is 0 Å². The minimum atomic E-state index is -0.862. The highest BCUT2D eigenvalue weighted by Gasteiger charge is 2.28. The molecule has 1 atom stereocenters. The lowest BCUT2D eigenvalue weighted by molar-refractivity contribution is -0.384. The molecule has 0 saturated heterocycles. The van der Waals surface area contributed by atoms with Crippen LogP contribution in [0.1, 0.15) is 69.2 Å². The van der Waals surface area contributed by atoms with Crippen LogP contribution in [0, 0.1) is 16.0 Å². The number of hydrogen-bond donors (Lipinski definition) is 1. The van der Waals surface area contributed by atoms with Gasteiger partial charge in [0.25, 0.3) is 5.69 Å². The molecule has 36 heavy (non-hydrogen) atoms. The summed E-state index contributed by atoms with van der Waals surface area (Å²) >= 11 is 0. The SMILES string of the molecule is CC(C)(C)n1nc(C2CCC(Cc3ccc([N+](=O)[O-])cc3)CC2)cc1Nc1ccc2c(c1)CCS2=O. The standard InChI is InChI=1S/C28H34N4O3S/c1-28(2,3)31-27(29-23-10-13-26-22(17-23)14-15-36(26)35)18-25(30-31)21-8-4-19(5-9-21)16-20-6-11-24(12-7-20)32(33)34/h6-7,10-13,17-19,21,29H,4-5,8-9,14-16H2,1-3H3. The second-order valence-electron chi connectivity index (χ2n) is 11.1. The Balaban J connectivity index is 1.27. The molecule has 3 aromatic rings. The summed E-state index contributed by atoms with van der Waals surface area (Å²) in [4.78, 5) is 11.5. The van der Waals surface area contributed by atoms with Gasteiger partial charge in [-0.1, -0.05) is 12.1 Å². The number of non-ortho nitro benzene ring substituents is 1. The van der Waals surface area contributed by atoms with Crippen molar-refractivity contribution in [3.8, 4) is 0 Å². The van der Waals surface area contributed by atoms with Crippen LogP contribution in [0.4, 0.5) is 17.2 Å². The van der Waals surface area contributed by atoms with Crippen LogP contribution in [-0.2, 0) is 29.2 Å². The van der Waals surface area contributed by atoms with Gasteiger partial charge in [-0.25, -0.2) is 4.68 Å². The molecule has 0 spiro atoms. The van der Waals surface area contributed by atoms with Crippen LogP contribution < -0.4 is 5.32 Å². The normalized spacial score (nSPS) is 21.8. The van der Waals surface area contributed by atoms with Crippen LogP contribution >= 0.6 is 0 Å². The number of anilines is 2. The average Bonchev–Trinajstić information content (AvgIpc) is 3.43. The van der Waals surface area contributed by atoms with E-state index in [0.29, 0.717) is 11.8 Å². The smallest absolute Gasteiger partial charge is 0.269 e. The van der Waals surface area contributed by atoms with Crippen molar-refractivity contribution in [1.82, 2.24) is 9.78 Å². The summed E-state index contributed by atoms with van der Waals surface area (Å²) in [5, 5.41) is 19.6. The molecule has 1 aromatic heterocycles. The first-order valence-corrected chi connectivity index (χ1v) is 14.1. The zero-order valence-electron chi connectivity index (χ0n) is 21.2. The number of nitro benzene ring substituents is 1. The molecule has 1 N–H and O–H groups in total. The summed E-state index contributed by atoms with van der Waals surface area (Å²) in [6.45, 7) is 6.51. The summed E-state index contributed by atoms with van der Waals surface area (Å²) in [5.74, 6) is 2.74. The largest absolute Gasteiger partial charge is 0.340 e. The van der Waals surface area contributed by atoms with Crippen molar-refractivity contribution in [2.45, 2.75) is 75.6 Å². The van der Waals surface area contributed by atoms with Gasteiger partial charge in [0.15, 0.2) is 0 Å². The Morgan fingerprint density at radius 1 is 1.08 bits per heavy atom. The van der Waals surface area contributed by atoms with Crippen LogP contribution in [-0.4, -0.2) is 24.7 Å². The monoisotopic (exact) mass is 506 g/mol. The highest BCUT2D eigenvalue weighted by Crippen LogP contribution is 2.39. The van der Waals surface area contributed by atoms with E-state index in [1.807, 2.05) is 24.3 Å². The molecule has 0 bridgehead atoms. The Kier molecular flexibility index (Phi) is 6.72. The Labute approximate surface area is 214 Å². The lowest BCUT2D eigenvalue weighted by atomic mass is 9.78. The van der Waals surface area contributed by atoms with Crippen LogP contribution in [0.2, 0.25) is 0 Å². The Morgan fingerprint density at radius 3 is 2.47 bits per heavy atom. The molecule has 7 nitrogen and oxygen atoms in total. The minimum absolute atomic E-state index is 0.149. The van der Waals surface area contributed by atoms with E-state index in [9.17, 15) is 14.3 Å². The Bertz CT molecular complexity index is 1290. The fourth-order valence-corrected chi connectivity index (χ4v) is 6.78. The number of aromatic nitrogens is 2. The predicted molar refractivity (Wildman–Crippen MR) is 143 cm³/mol. The molecular weight excluding hydrogens is 472 g/mol. The molecule has 8 heteroatoms. The third-order valence-electron chi connectivity index (χ3n) is 7.44. The molecule has 2 aliphatic rings. The molecule has 190 valence electrons. The number of nitrogens with one attached hydrogen (secondary N) is 1. The molecule has 5 rings (SSSR count). The van der Waals surface area contributed by atoms with Crippen molar-refractivity contribution < 1.29 is 9.13 Å². The first kappa shape index (κ1) is 24.7. The Hall–Kier alpha value is -3.00. The van der Waals surface area contributed by atoms with E-state index < -0.39 is 10.8 Å². The number of nitro groups is 1. The Morgan fingerprint density at radius 2 is 1.81 bits per heavy atom. The molecular formula is C28H34N4O3S. The van der Waals surface area contributed by atoms with Gasteiger partial charge in [0.05, 0.1) is 27.0 Å². The van der Waals surface area contributed by atoms with E-state index >= 15 is 0 Å². The number of nitrogens with zero attached hydrogens (tertiary/aromatic N) is 3. The second kappa shape index (κ2) is 9.81. The lowest BCUT2D eigenvalue weighted by Gasteiger charge is -2.28. The zero-order chi connectivity index (χ0) is 25.4. The van der Waals surface area contributed by atoms with Gasteiger partial charge in [-0.3, -0.25) is 14.3 Å². The molecule has 2 aromatic carbocycles. The molecule has 0 amide bonds. The van der Waals surface area contributed by atoms with Crippen LogP contribution in [0.25, 0.3) is 0 Å². The maximum absolute atomic E-state index is 12.1. The number of rotatable bonds is 6. The summed E-state index contributed by atoms with van der Waals surface area (Å²) < 4.78 is 14.2. The van der Waals surface area contributed by atoms with E-state index in [0.717, 1.165) is 66.4 Å². The van der Waals surface area contributed by atoms with Gasteiger partial charge in [0.1, 0.15) is 5.82 Å². The van der Waals surface area contributed by atoms with E-state index in [1.54, 1.807) is 12.1 Å². The number of benzene rings is 2.